The van der Waals surface area contributed by atoms with Gasteiger partial charge in [0, 0.05) is 24.0 Å². The summed E-state index contributed by atoms with van der Waals surface area (Å²) in [5.74, 6) is 0.405. The van der Waals surface area contributed by atoms with Crippen LogP contribution in [0.1, 0.15) is 18.9 Å². The van der Waals surface area contributed by atoms with Crippen LogP contribution in [-0.4, -0.2) is 40.0 Å². The van der Waals surface area contributed by atoms with Crippen LogP contribution in [0.25, 0.3) is 11.4 Å². The summed E-state index contributed by atoms with van der Waals surface area (Å²) in [4.78, 5) is 32.5. The first kappa shape index (κ1) is 22.6. The van der Waals surface area contributed by atoms with Gasteiger partial charge in [0.1, 0.15) is 5.71 Å². The molecule has 0 spiro atoms. The van der Waals surface area contributed by atoms with Gasteiger partial charge in [0.2, 0.25) is 11.7 Å². The van der Waals surface area contributed by atoms with Crippen LogP contribution in [-0.2, 0) is 16.0 Å². The number of hydrogen-bond donors (Lipinski definition) is 2. The summed E-state index contributed by atoms with van der Waals surface area (Å²) in [5, 5.41) is 4.31. The fraction of sp³-hybridized carbons (Fsp3) is 0.208. The van der Waals surface area contributed by atoms with Gasteiger partial charge in [-0.3, -0.25) is 9.59 Å². The minimum atomic E-state index is -0.471. The smallest absolute Gasteiger partial charge is 0.244 e. The quantitative estimate of drug-likeness (QED) is 0.339. The number of carbonyl (C=O) groups is 2. The third kappa shape index (κ3) is 5.98. The van der Waals surface area contributed by atoms with E-state index < -0.39 is 5.91 Å². The first-order valence-electron chi connectivity index (χ1n) is 10.2. The number of amides is 1. The van der Waals surface area contributed by atoms with Gasteiger partial charge in [0.25, 0.3) is 0 Å². The Labute approximate surface area is 186 Å². The van der Waals surface area contributed by atoms with Crippen molar-refractivity contribution < 1.29 is 14.3 Å². The van der Waals surface area contributed by atoms with Crippen molar-refractivity contribution in [2.45, 2.75) is 25.8 Å². The second kappa shape index (κ2) is 10.8. The van der Waals surface area contributed by atoms with E-state index in [9.17, 15) is 9.59 Å². The molecule has 0 bridgehead atoms. The Bertz CT molecular complexity index is 1090. The van der Waals surface area contributed by atoms with Crippen LogP contribution in [0.15, 0.2) is 78.2 Å². The van der Waals surface area contributed by atoms with E-state index in [0.29, 0.717) is 35.9 Å². The van der Waals surface area contributed by atoms with Crippen LogP contribution in [0.4, 0.5) is 0 Å². The fourth-order valence-electron chi connectivity index (χ4n) is 3.13. The number of benzene rings is 1. The third-order valence-corrected chi connectivity index (χ3v) is 4.73. The zero-order chi connectivity index (χ0) is 22.9. The number of carbonyl (C=O) groups excluding carboxylic acids is 2. The number of aromatic nitrogens is 2. The molecular formula is C24H25N5O3. The van der Waals surface area contributed by atoms with E-state index in [1.165, 1.54) is 6.08 Å². The Morgan fingerprint density at radius 1 is 1.34 bits per heavy atom. The predicted octanol–water partition coefficient (Wildman–Crippen LogP) is 2.53. The Hall–Kier alpha value is -4.07. The molecule has 3 N–H and O–H groups in total. The molecule has 8 nitrogen and oxygen atoms in total. The molecule has 1 heterocycles. The molecule has 1 aliphatic rings. The van der Waals surface area contributed by atoms with E-state index in [2.05, 4.69) is 27.1 Å². The summed E-state index contributed by atoms with van der Waals surface area (Å²) < 4.78 is 5.38. The Morgan fingerprint density at radius 3 is 2.81 bits per heavy atom. The van der Waals surface area contributed by atoms with Crippen molar-refractivity contribution in [3.05, 3.63) is 78.7 Å². The lowest BCUT2D eigenvalue weighted by Gasteiger charge is -2.17. The first-order chi connectivity index (χ1) is 15.5. The minimum Gasteiger partial charge on any atom is -0.491 e. The highest BCUT2D eigenvalue weighted by Gasteiger charge is 2.16. The number of primary amides is 1. The molecule has 8 heteroatoms. The van der Waals surface area contributed by atoms with Gasteiger partial charge < -0.3 is 15.9 Å². The molecule has 1 amide bonds. The van der Waals surface area contributed by atoms with E-state index >= 15 is 0 Å². The van der Waals surface area contributed by atoms with E-state index in [1.54, 1.807) is 24.5 Å². The second-order valence-corrected chi connectivity index (χ2v) is 7.06. The summed E-state index contributed by atoms with van der Waals surface area (Å²) in [6.07, 6.45) is 10.4. The number of hydrazone groups is 1. The maximum absolute atomic E-state index is 12.4. The average Bonchev–Trinajstić information content (AvgIpc) is 2.82. The number of ketones is 1. The molecule has 1 aromatic carbocycles. The molecule has 32 heavy (non-hydrogen) atoms. The SMILES string of the molecule is C=CC(=O)/C(Cc1cccc(-c2ncc(OCC)cn2)c1)=N\NC1C=CC=C(C(N)=O)C1. The van der Waals surface area contributed by atoms with Crippen LogP contribution in [0, 0.1) is 0 Å². The summed E-state index contributed by atoms with van der Waals surface area (Å²) >= 11 is 0. The van der Waals surface area contributed by atoms with Crippen LogP contribution in [0.2, 0.25) is 0 Å². The summed E-state index contributed by atoms with van der Waals surface area (Å²) in [6, 6.07) is 7.35. The molecule has 3 rings (SSSR count). The Balaban J connectivity index is 1.75. The standard InChI is InChI=1S/C24H25N5O3/c1-3-22(30)21(29-28-19-10-6-8-17(13-19)23(25)31)12-16-7-5-9-18(11-16)24-26-14-20(15-27-24)32-4-2/h3,5-11,14-15,19,28H,1,4,12-13H2,2H3,(H2,25,31)/b29-21-. The number of nitrogens with zero attached hydrogens (tertiary/aromatic N) is 3. The zero-order valence-electron chi connectivity index (χ0n) is 17.8. The topological polar surface area (TPSA) is 120 Å². The van der Waals surface area contributed by atoms with Crippen LogP contribution < -0.4 is 15.9 Å². The van der Waals surface area contributed by atoms with Crippen molar-refractivity contribution in [3.63, 3.8) is 0 Å². The summed E-state index contributed by atoms with van der Waals surface area (Å²) in [7, 11) is 0. The van der Waals surface area contributed by atoms with Crippen molar-refractivity contribution in [3.8, 4) is 17.1 Å². The van der Waals surface area contributed by atoms with Crippen LogP contribution in [0.5, 0.6) is 5.75 Å². The van der Waals surface area contributed by atoms with Crippen molar-refractivity contribution in [2.24, 2.45) is 10.8 Å². The summed E-state index contributed by atoms with van der Waals surface area (Å²) in [5.41, 5.74) is 10.8. The third-order valence-electron chi connectivity index (χ3n) is 4.73. The highest BCUT2D eigenvalue weighted by molar-refractivity contribution is 6.44. The molecule has 1 aliphatic carbocycles. The van der Waals surface area contributed by atoms with E-state index in [1.807, 2.05) is 37.3 Å². The molecule has 0 radical (unpaired) electrons. The summed E-state index contributed by atoms with van der Waals surface area (Å²) in [6.45, 7) is 6.01. The van der Waals surface area contributed by atoms with Gasteiger partial charge >= 0.3 is 0 Å². The number of hydrogen-bond acceptors (Lipinski definition) is 7. The van der Waals surface area contributed by atoms with Gasteiger partial charge in [-0.2, -0.15) is 5.10 Å². The van der Waals surface area contributed by atoms with Crippen molar-refractivity contribution in [1.29, 1.82) is 0 Å². The van der Waals surface area contributed by atoms with Crippen LogP contribution >= 0.6 is 0 Å². The van der Waals surface area contributed by atoms with Gasteiger partial charge in [0.05, 0.1) is 25.0 Å². The molecule has 0 saturated carbocycles. The predicted molar refractivity (Wildman–Crippen MR) is 123 cm³/mol. The number of rotatable bonds is 10. The Kier molecular flexibility index (Phi) is 7.64. The van der Waals surface area contributed by atoms with E-state index in [-0.39, 0.29) is 18.2 Å². The normalized spacial score (nSPS) is 15.6. The highest BCUT2D eigenvalue weighted by Crippen LogP contribution is 2.19. The lowest BCUT2D eigenvalue weighted by molar-refractivity contribution is -0.114. The average molecular weight is 431 g/mol. The lowest BCUT2D eigenvalue weighted by Crippen LogP contribution is -2.30. The molecule has 0 fully saturated rings. The van der Waals surface area contributed by atoms with Crippen molar-refractivity contribution in [1.82, 2.24) is 15.4 Å². The molecule has 164 valence electrons. The number of nitrogens with two attached hydrogens (primary N) is 1. The zero-order valence-corrected chi connectivity index (χ0v) is 17.8. The van der Waals surface area contributed by atoms with E-state index in [0.717, 1.165) is 11.1 Å². The monoisotopic (exact) mass is 431 g/mol. The molecular weight excluding hydrogens is 406 g/mol. The van der Waals surface area contributed by atoms with E-state index in [4.69, 9.17) is 10.5 Å². The lowest BCUT2D eigenvalue weighted by atomic mass is 10.0. The largest absolute Gasteiger partial charge is 0.491 e. The maximum atomic E-state index is 12.4. The fourth-order valence-corrected chi connectivity index (χ4v) is 3.13. The van der Waals surface area contributed by atoms with Gasteiger partial charge in [0.15, 0.2) is 11.6 Å². The molecule has 1 aromatic heterocycles. The molecule has 2 aromatic rings. The van der Waals surface area contributed by atoms with Gasteiger partial charge in [-0.15, -0.1) is 0 Å². The second-order valence-electron chi connectivity index (χ2n) is 7.06. The number of allylic oxidation sites excluding steroid dienone is 3. The number of nitrogens with one attached hydrogen (secondary N) is 1. The molecule has 0 saturated heterocycles. The number of ether oxygens (including phenoxy) is 1. The Morgan fingerprint density at radius 2 is 2.12 bits per heavy atom. The highest BCUT2D eigenvalue weighted by atomic mass is 16.5. The first-order valence-corrected chi connectivity index (χ1v) is 10.2. The van der Waals surface area contributed by atoms with Gasteiger partial charge in [-0.25, -0.2) is 9.97 Å². The van der Waals surface area contributed by atoms with Crippen LogP contribution in [0.3, 0.4) is 0 Å². The minimum absolute atomic E-state index is 0.237. The molecule has 1 unspecified atom stereocenters. The molecule has 1 atom stereocenters. The van der Waals surface area contributed by atoms with Gasteiger partial charge in [-0.05, 0) is 24.6 Å². The van der Waals surface area contributed by atoms with Gasteiger partial charge in [-0.1, -0.05) is 43.0 Å². The van der Waals surface area contributed by atoms with Crippen molar-refractivity contribution in [2.75, 3.05) is 6.61 Å². The van der Waals surface area contributed by atoms with Crippen molar-refractivity contribution >= 4 is 17.4 Å². The molecule has 0 aliphatic heterocycles. The maximum Gasteiger partial charge on any atom is 0.244 e.